The van der Waals surface area contributed by atoms with E-state index in [1.165, 1.54) is 6.07 Å². The summed E-state index contributed by atoms with van der Waals surface area (Å²) in [5.74, 6) is -0.764. The quantitative estimate of drug-likeness (QED) is 0.804. The van der Waals surface area contributed by atoms with Crippen molar-refractivity contribution in [3.05, 3.63) is 65.5 Å². The van der Waals surface area contributed by atoms with Crippen molar-refractivity contribution in [1.29, 1.82) is 0 Å². The lowest BCUT2D eigenvalue weighted by Gasteiger charge is -2.12. The van der Waals surface area contributed by atoms with Crippen LogP contribution in [0.4, 0.5) is 8.78 Å². The molecule has 108 valence electrons. The number of aromatic nitrogens is 2. The lowest BCUT2D eigenvalue weighted by atomic mass is 10.1. The molecule has 0 radical (unpaired) electrons. The predicted octanol–water partition coefficient (Wildman–Crippen LogP) is 3.13. The average molecular weight is 288 g/mol. The third-order valence-corrected chi connectivity index (χ3v) is 3.58. The topological polar surface area (TPSA) is 38.0 Å². The lowest BCUT2D eigenvalue weighted by molar-refractivity contribution is 0.170. The summed E-state index contributed by atoms with van der Waals surface area (Å²) in [7, 11) is 1.85. The largest absolute Gasteiger partial charge is 0.388 e. The van der Waals surface area contributed by atoms with Gasteiger partial charge in [-0.1, -0.05) is 18.2 Å². The van der Waals surface area contributed by atoms with Gasteiger partial charge >= 0.3 is 0 Å². The van der Waals surface area contributed by atoms with Crippen LogP contribution in [0.2, 0.25) is 0 Å². The minimum absolute atomic E-state index is 0.0726. The number of hydrogen-bond donors (Lipinski definition) is 1. The number of aliphatic hydroxyl groups is 1. The molecule has 1 unspecified atom stereocenters. The second-order valence-electron chi connectivity index (χ2n) is 4.96. The third-order valence-electron chi connectivity index (χ3n) is 3.58. The van der Waals surface area contributed by atoms with E-state index < -0.39 is 17.7 Å². The first-order valence-corrected chi connectivity index (χ1v) is 6.59. The highest BCUT2D eigenvalue weighted by atomic mass is 19.1. The SMILES string of the molecule is Cn1c(CC(O)c2ccc(F)cc2F)nc2ccccc21. The molecule has 0 aliphatic carbocycles. The maximum Gasteiger partial charge on any atom is 0.131 e. The highest BCUT2D eigenvalue weighted by Crippen LogP contribution is 2.23. The maximum absolute atomic E-state index is 13.7. The van der Waals surface area contributed by atoms with Crippen LogP contribution in [0.1, 0.15) is 17.5 Å². The summed E-state index contributed by atoms with van der Waals surface area (Å²) >= 11 is 0. The van der Waals surface area contributed by atoms with Crippen LogP contribution < -0.4 is 0 Å². The Labute approximate surface area is 120 Å². The normalized spacial score (nSPS) is 12.8. The van der Waals surface area contributed by atoms with Gasteiger partial charge in [0, 0.05) is 25.1 Å². The molecule has 3 aromatic rings. The molecule has 3 nitrogen and oxygen atoms in total. The van der Waals surface area contributed by atoms with Crippen LogP contribution in [0.15, 0.2) is 42.5 Å². The Bertz CT molecular complexity index is 798. The molecule has 0 bridgehead atoms. The van der Waals surface area contributed by atoms with E-state index in [-0.39, 0.29) is 12.0 Å². The van der Waals surface area contributed by atoms with Crippen molar-refractivity contribution >= 4 is 11.0 Å². The van der Waals surface area contributed by atoms with Gasteiger partial charge in [-0.3, -0.25) is 0 Å². The molecule has 0 spiro atoms. The smallest absolute Gasteiger partial charge is 0.131 e. The zero-order chi connectivity index (χ0) is 15.0. The van der Waals surface area contributed by atoms with Gasteiger partial charge in [-0.05, 0) is 18.2 Å². The van der Waals surface area contributed by atoms with E-state index in [0.29, 0.717) is 5.82 Å². The number of benzene rings is 2. The van der Waals surface area contributed by atoms with Gasteiger partial charge in [0.25, 0.3) is 0 Å². The monoisotopic (exact) mass is 288 g/mol. The van der Waals surface area contributed by atoms with E-state index in [4.69, 9.17) is 0 Å². The van der Waals surface area contributed by atoms with E-state index in [9.17, 15) is 13.9 Å². The van der Waals surface area contributed by atoms with Gasteiger partial charge in [0.1, 0.15) is 17.5 Å². The Kier molecular flexibility index (Phi) is 3.43. The van der Waals surface area contributed by atoms with Gasteiger partial charge < -0.3 is 9.67 Å². The van der Waals surface area contributed by atoms with Crippen LogP contribution in [0.3, 0.4) is 0 Å². The van der Waals surface area contributed by atoms with Crippen molar-refractivity contribution in [2.24, 2.45) is 7.05 Å². The van der Waals surface area contributed by atoms with Gasteiger partial charge in [0.2, 0.25) is 0 Å². The Hall–Kier alpha value is -2.27. The summed E-state index contributed by atoms with van der Waals surface area (Å²) in [6.45, 7) is 0. The first-order valence-electron chi connectivity index (χ1n) is 6.59. The molecule has 0 saturated heterocycles. The van der Waals surface area contributed by atoms with Gasteiger partial charge in [0.15, 0.2) is 0 Å². The summed E-state index contributed by atoms with van der Waals surface area (Å²) < 4.78 is 28.4. The van der Waals surface area contributed by atoms with Gasteiger partial charge in [-0.15, -0.1) is 0 Å². The number of imidazole rings is 1. The fraction of sp³-hybridized carbons (Fsp3) is 0.188. The third kappa shape index (κ3) is 2.52. The molecule has 21 heavy (non-hydrogen) atoms. The number of halogens is 2. The van der Waals surface area contributed by atoms with E-state index in [0.717, 1.165) is 23.2 Å². The van der Waals surface area contributed by atoms with Gasteiger partial charge in [0.05, 0.1) is 17.1 Å². The second kappa shape index (κ2) is 5.26. The predicted molar refractivity (Wildman–Crippen MR) is 75.7 cm³/mol. The van der Waals surface area contributed by atoms with Crippen LogP contribution in [-0.2, 0) is 13.5 Å². The fourth-order valence-corrected chi connectivity index (χ4v) is 2.43. The minimum atomic E-state index is -1.07. The average Bonchev–Trinajstić information content (AvgIpc) is 2.76. The molecule has 0 aliphatic heterocycles. The van der Waals surface area contributed by atoms with E-state index in [1.54, 1.807) is 0 Å². The van der Waals surface area contributed by atoms with Crippen molar-refractivity contribution in [3.8, 4) is 0 Å². The van der Waals surface area contributed by atoms with E-state index >= 15 is 0 Å². The van der Waals surface area contributed by atoms with Crippen molar-refractivity contribution in [3.63, 3.8) is 0 Å². The van der Waals surface area contributed by atoms with Gasteiger partial charge in [-0.2, -0.15) is 0 Å². The zero-order valence-corrected chi connectivity index (χ0v) is 11.4. The first kappa shape index (κ1) is 13.7. The Morgan fingerprint density at radius 1 is 1.19 bits per heavy atom. The summed E-state index contributed by atoms with van der Waals surface area (Å²) in [6, 6.07) is 10.8. The second-order valence-corrected chi connectivity index (χ2v) is 4.96. The first-order chi connectivity index (χ1) is 10.1. The molecule has 0 amide bonds. The molecule has 0 saturated carbocycles. The highest BCUT2D eigenvalue weighted by molar-refractivity contribution is 5.75. The number of aryl methyl sites for hydroxylation is 1. The highest BCUT2D eigenvalue weighted by Gasteiger charge is 2.17. The molecule has 3 rings (SSSR count). The molecule has 1 heterocycles. The molecule has 1 atom stereocenters. The van der Waals surface area contributed by atoms with E-state index in [2.05, 4.69) is 4.98 Å². The van der Waals surface area contributed by atoms with Crippen LogP contribution in [0.5, 0.6) is 0 Å². The van der Waals surface area contributed by atoms with Crippen molar-refractivity contribution in [2.45, 2.75) is 12.5 Å². The van der Waals surface area contributed by atoms with Crippen LogP contribution >= 0.6 is 0 Å². The number of hydrogen-bond acceptors (Lipinski definition) is 2. The van der Waals surface area contributed by atoms with Crippen molar-refractivity contribution in [1.82, 2.24) is 9.55 Å². The molecule has 0 aliphatic rings. The number of aliphatic hydroxyl groups excluding tert-OH is 1. The molecular weight excluding hydrogens is 274 g/mol. The summed E-state index contributed by atoms with van der Waals surface area (Å²) in [5.41, 5.74) is 1.84. The Balaban J connectivity index is 1.92. The van der Waals surface area contributed by atoms with Crippen LogP contribution in [0.25, 0.3) is 11.0 Å². The Morgan fingerprint density at radius 3 is 2.67 bits per heavy atom. The number of nitrogens with zero attached hydrogens (tertiary/aromatic N) is 2. The lowest BCUT2D eigenvalue weighted by Crippen LogP contribution is -2.08. The summed E-state index contributed by atoms with van der Waals surface area (Å²) in [5, 5.41) is 10.2. The van der Waals surface area contributed by atoms with Gasteiger partial charge in [-0.25, -0.2) is 13.8 Å². The Morgan fingerprint density at radius 2 is 1.95 bits per heavy atom. The number of rotatable bonds is 3. The minimum Gasteiger partial charge on any atom is -0.388 e. The van der Waals surface area contributed by atoms with Crippen molar-refractivity contribution in [2.75, 3.05) is 0 Å². The molecule has 5 heteroatoms. The number of para-hydroxylation sites is 2. The summed E-state index contributed by atoms with van der Waals surface area (Å²) in [6.07, 6.45) is -0.908. The standard InChI is InChI=1S/C16H14F2N2O/c1-20-14-5-3-2-4-13(14)19-16(20)9-15(21)11-7-6-10(17)8-12(11)18/h2-8,15,21H,9H2,1H3. The molecule has 1 aromatic heterocycles. The maximum atomic E-state index is 13.7. The van der Waals surface area contributed by atoms with E-state index in [1.807, 2.05) is 35.9 Å². The molecule has 2 aromatic carbocycles. The van der Waals surface area contributed by atoms with Crippen LogP contribution in [-0.4, -0.2) is 14.7 Å². The number of fused-ring (bicyclic) bond motifs is 1. The fourth-order valence-electron chi connectivity index (χ4n) is 2.43. The molecule has 1 N–H and O–H groups in total. The van der Waals surface area contributed by atoms with Crippen LogP contribution in [0, 0.1) is 11.6 Å². The molecule has 0 fully saturated rings. The zero-order valence-electron chi connectivity index (χ0n) is 11.4. The summed E-state index contributed by atoms with van der Waals surface area (Å²) in [4.78, 5) is 4.43. The van der Waals surface area contributed by atoms with Crippen molar-refractivity contribution < 1.29 is 13.9 Å². The molecular formula is C16H14F2N2O.